The lowest BCUT2D eigenvalue weighted by Gasteiger charge is -2.27. The molecular weight excluding hydrogens is 455 g/mol. The van der Waals surface area contributed by atoms with E-state index in [4.69, 9.17) is 0 Å². The van der Waals surface area contributed by atoms with Crippen LogP contribution in [0, 0.1) is 5.82 Å². The third-order valence-electron chi connectivity index (χ3n) is 7.75. The monoisotopic (exact) mass is 496 g/mol. The lowest BCUT2D eigenvalue weighted by Crippen LogP contribution is -2.43. The Hall–Kier alpha value is -2.93. The molecule has 0 spiro atoms. The van der Waals surface area contributed by atoms with E-state index in [1.807, 2.05) is 43.1 Å². The minimum Gasteiger partial charge on any atom is -0.367 e. The Bertz CT molecular complexity index is 1070. The lowest BCUT2D eigenvalue weighted by molar-refractivity contribution is -0.132. The summed E-state index contributed by atoms with van der Waals surface area (Å²) in [6.07, 6.45) is 7.11. The second-order valence-corrected chi connectivity index (χ2v) is 10.6. The van der Waals surface area contributed by atoms with Crippen molar-refractivity contribution in [3.63, 3.8) is 0 Å². The third kappa shape index (κ3) is 5.89. The third-order valence-corrected chi connectivity index (χ3v) is 7.75. The maximum Gasteiger partial charge on any atom is 0.258 e. The van der Waals surface area contributed by atoms with E-state index in [1.165, 1.54) is 48.6 Å². The van der Waals surface area contributed by atoms with Crippen molar-refractivity contribution in [2.24, 2.45) is 0 Å². The van der Waals surface area contributed by atoms with Crippen LogP contribution in [0.2, 0.25) is 0 Å². The highest BCUT2D eigenvalue weighted by Gasteiger charge is 2.30. The molecule has 7 heteroatoms. The van der Waals surface area contributed by atoms with E-state index in [0.29, 0.717) is 42.5 Å². The Morgan fingerprint density at radius 2 is 1.67 bits per heavy atom. The molecule has 196 valence electrons. The molecule has 1 aliphatic heterocycles. The number of carbonyl (C=O) groups is 2. The van der Waals surface area contributed by atoms with Crippen molar-refractivity contribution >= 4 is 23.2 Å². The fourth-order valence-corrected chi connectivity index (χ4v) is 5.47. The van der Waals surface area contributed by atoms with Crippen molar-refractivity contribution in [3.05, 3.63) is 59.4 Å². The standard InChI is InChI=1S/C29H39FN4O2.H2/c1-31(2)20-28(35)32(3)25-16-17-34(19-25)27-15-14-24(18-26(27)30)33(4)29(36)23-12-10-22(11-13-23)21-8-6-5-7-9-21;/h10-15,18,21,25H,5-9,16-17,19-20H2,1-4H3;1H. The molecule has 1 heterocycles. The molecule has 1 saturated carbocycles. The normalized spacial score (nSPS) is 18.5. The highest BCUT2D eigenvalue weighted by atomic mass is 19.1. The van der Waals surface area contributed by atoms with Crippen LogP contribution < -0.4 is 9.80 Å². The number of hydrogen-bond donors (Lipinski definition) is 0. The highest BCUT2D eigenvalue weighted by molar-refractivity contribution is 6.05. The van der Waals surface area contributed by atoms with Crippen LogP contribution in [0.3, 0.4) is 0 Å². The quantitative estimate of drug-likeness (QED) is 0.542. The molecule has 0 aromatic heterocycles. The van der Waals surface area contributed by atoms with Gasteiger partial charge in [0.2, 0.25) is 5.91 Å². The smallest absolute Gasteiger partial charge is 0.258 e. The second-order valence-electron chi connectivity index (χ2n) is 10.6. The largest absolute Gasteiger partial charge is 0.367 e. The summed E-state index contributed by atoms with van der Waals surface area (Å²) in [5.74, 6) is 0.148. The van der Waals surface area contributed by atoms with Gasteiger partial charge < -0.3 is 19.6 Å². The number of hydrogen-bond acceptors (Lipinski definition) is 4. The Labute approximate surface area is 216 Å². The summed E-state index contributed by atoms with van der Waals surface area (Å²) in [6, 6.07) is 13.0. The van der Waals surface area contributed by atoms with Gasteiger partial charge in [-0.2, -0.15) is 0 Å². The van der Waals surface area contributed by atoms with E-state index in [0.717, 1.165) is 6.42 Å². The van der Waals surface area contributed by atoms with Gasteiger partial charge in [0, 0.05) is 39.9 Å². The number of rotatable bonds is 7. The van der Waals surface area contributed by atoms with Crippen LogP contribution >= 0.6 is 0 Å². The average Bonchev–Trinajstić information content (AvgIpc) is 3.37. The Balaban J connectivity index is 0.00000380. The minimum absolute atomic E-state index is 0. The predicted octanol–water partition coefficient (Wildman–Crippen LogP) is 4.99. The Morgan fingerprint density at radius 1 is 0.972 bits per heavy atom. The van der Waals surface area contributed by atoms with Crippen molar-refractivity contribution in [2.45, 2.75) is 50.5 Å². The van der Waals surface area contributed by atoms with Crippen LogP contribution in [0.5, 0.6) is 0 Å². The molecule has 1 atom stereocenters. The zero-order valence-corrected chi connectivity index (χ0v) is 22.0. The van der Waals surface area contributed by atoms with Gasteiger partial charge in [0.15, 0.2) is 0 Å². The highest BCUT2D eigenvalue weighted by Crippen LogP contribution is 2.33. The number of carbonyl (C=O) groups excluding carboxylic acids is 2. The van der Waals surface area contributed by atoms with Crippen molar-refractivity contribution in [3.8, 4) is 0 Å². The number of benzene rings is 2. The molecule has 0 radical (unpaired) electrons. The van der Waals surface area contributed by atoms with Gasteiger partial charge in [0.1, 0.15) is 5.82 Å². The summed E-state index contributed by atoms with van der Waals surface area (Å²) >= 11 is 0. The van der Waals surface area contributed by atoms with Crippen LogP contribution in [0.4, 0.5) is 15.8 Å². The molecule has 1 unspecified atom stereocenters. The lowest BCUT2D eigenvalue weighted by atomic mass is 9.84. The van der Waals surface area contributed by atoms with E-state index >= 15 is 4.39 Å². The van der Waals surface area contributed by atoms with Crippen LogP contribution in [0.25, 0.3) is 0 Å². The fraction of sp³-hybridized carbons (Fsp3) is 0.517. The molecule has 2 fully saturated rings. The average molecular weight is 497 g/mol. The van der Waals surface area contributed by atoms with Crippen LogP contribution in [0.1, 0.15) is 61.8 Å². The first-order valence-corrected chi connectivity index (χ1v) is 13.1. The number of halogens is 1. The van der Waals surface area contributed by atoms with Crippen molar-refractivity contribution in [1.29, 1.82) is 0 Å². The maximum atomic E-state index is 15.2. The van der Waals surface area contributed by atoms with E-state index < -0.39 is 0 Å². The number of anilines is 2. The molecular formula is C29H41FN4O2. The molecule has 0 N–H and O–H groups in total. The molecule has 2 aliphatic rings. The van der Waals surface area contributed by atoms with Gasteiger partial charge in [0.25, 0.3) is 5.91 Å². The molecule has 1 saturated heterocycles. The van der Waals surface area contributed by atoms with Crippen LogP contribution in [-0.4, -0.2) is 75.5 Å². The van der Waals surface area contributed by atoms with E-state index in [1.54, 1.807) is 24.1 Å². The fourth-order valence-electron chi connectivity index (χ4n) is 5.47. The predicted molar refractivity (Wildman–Crippen MR) is 145 cm³/mol. The number of amides is 2. The first kappa shape index (κ1) is 26.1. The first-order valence-electron chi connectivity index (χ1n) is 13.1. The molecule has 6 nitrogen and oxygen atoms in total. The van der Waals surface area contributed by atoms with Crippen molar-refractivity contribution in [1.82, 2.24) is 9.80 Å². The topological polar surface area (TPSA) is 47.1 Å². The van der Waals surface area contributed by atoms with Gasteiger partial charge in [-0.15, -0.1) is 0 Å². The van der Waals surface area contributed by atoms with E-state index in [-0.39, 0.29) is 25.1 Å². The Kier molecular flexibility index (Phi) is 8.29. The summed E-state index contributed by atoms with van der Waals surface area (Å²) in [4.78, 5) is 32.6. The summed E-state index contributed by atoms with van der Waals surface area (Å²) in [6.45, 7) is 1.64. The van der Waals surface area contributed by atoms with Gasteiger partial charge in [-0.25, -0.2) is 4.39 Å². The summed E-state index contributed by atoms with van der Waals surface area (Å²) in [7, 11) is 7.25. The maximum absolute atomic E-state index is 15.2. The Morgan fingerprint density at radius 3 is 2.31 bits per heavy atom. The van der Waals surface area contributed by atoms with Crippen LogP contribution in [0.15, 0.2) is 42.5 Å². The number of nitrogens with zero attached hydrogens (tertiary/aromatic N) is 4. The van der Waals surface area contributed by atoms with Gasteiger partial charge in [-0.1, -0.05) is 31.4 Å². The summed E-state index contributed by atoms with van der Waals surface area (Å²) in [5.41, 5.74) is 2.94. The van der Waals surface area contributed by atoms with Gasteiger partial charge in [0.05, 0.1) is 18.3 Å². The SMILES string of the molecule is CN(C)CC(=O)N(C)C1CCN(c2ccc(N(C)C(=O)c3ccc(C4CCCCC4)cc3)cc2F)C1.[HH]. The first-order chi connectivity index (χ1) is 17.2. The van der Waals surface area contributed by atoms with Gasteiger partial charge in [-0.05, 0) is 75.2 Å². The van der Waals surface area contributed by atoms with Gasteiger partial charge >= 0.3 is 0 Å². The van der Waals surface area contributed by atoms with Crippen molar-refractivity contribution < 1.29 is 15.4 Å². The molecule has 2 aromatic carbocycles. The number of likely N-dealkylation sites (N-methyl/N-ethyl adjacent to an activating group) is 2. The molecule has 4 rings (SSSR count). The zero-order valence-electron chi connectivity index (χ0n) is 22.0. The van der Waals surface area contributed by atoms with Crippen molar-refractivity contribution in [2.75, 3.05) is 57.6 Å². The molecule has 2 aromatic rings. The van der Waals surface area contributed by atoms with Crippen LogP contribution in [-0.2, 0) is 4.79 Å². The van der Waals surface area contributed by atoms with E-state index in [2.05, 4.69) is 12.1 Å². The van der Waals surface area contributed by atoms with Gasteiger partial charge in [-0.3, -0.25) is 9.59 Å². The second kappa shape index (κ2) is 11.4. The minimum atomic E-state index is -0.359. The molecule has 36 heavy (non-hydrogen) atoms. The molecule has 0 bridgehead atoms. The summed E-state index contributed by atoms with van der Waals surface area (Å²) < 4.78 is 15.2. The molecule has 2 amide bonds. The summed E-state index contributed by atoms with van der Waals surface area (Å²) in [5, 5.41) is 0. The molecule has 1 aliphatic carbocycles. The zero-order chi connectivity index (χ0) is 25.8. The van der Waals surface area contributed by atoms with E-state index in [9.17, 15) is 9.59 Å².